The van der Waals surface area contributed by atoms with Gasteiger partial charge < -0.3 is 15.1 Å². The summed E-state index contributed by atoms with van der Waals surface area (Å²) in [4.78, 5) is 28.1. The molecule has 1 unspecified atom stereocenters. The first-order valence-corrected chi connectivity index (χ1v) is 8.32. The van der Waals surface area contributed by atoms with E-state index in [2.05, 4.69) is 5.32 Å². The molecular formula is C17H20F3N3O2. The second-order valence-electron chi connectivity index (χ2n) is 6.39. The number of benzene rings is 1. The number of halogens is 3. The topological polar surface area (TPSA) is 52.7 Å². The Balaban J connectivity index is 1.61. The van der Waals surface area contributed by atoms with E-state index in [0.717, 1.165) is 25.1 Å². The molecule has 2 fully saturated rings. The highest BCUT2D eigenvalue weighted by molar-refractivity contribution is 5.94. The summed E-state index contributed by atoms with van der Waals surface area (Å²) in [6.07, 6.45) is -3.65. The molecule has 1 aromatic rings. The van der Waals surface area contributed by atoms with Gasteiger partial charge >= 0.3 is 6.18 Å². The molecule has 0 aliphatic carbocycles. The van der Waals surface area contributed by atoms with Crippen molar-refractivity contribution in [3.63, 3.8) is 0 Å². The van der Waals surface area contributed by atoms with Crippen LogP contribution in [0, 0.1) is 5.92 Å². The summed E-state index contributed by atoms with van der Waals surface area (Å²) in [6, 6.07) is 4.45. The average molecular weight is 355 g/mol. The second kappa shape index (κ2) is 7.03. The van der Waals surface area contributed by atoms with Gasteiger partial charge in [0.2, 0.25) is 5.91 Å². The Hall–Kier alpha value is -2.09. The van der Waals surface area contributed by atoms with Crippen molar-refractivity contribution in [2.24, 2.45) is 5.92 Å². The number of carbonyl (C=O) groups is 2. The van der Waals surface area contributed by atoms with Crippen molar-refractivity contribution in [1.82, 2.24) is 15.1 Å². The van der Waals surface area contributed by atoms with E-state index < -0.39 is 17.6 Å². The molecule has 2 amide bonds. The summed E-state index contributed by atoms with van der Waals surface area (Å²) in [5.74, 6) is -0.345. The van der Waals surface area contributed by atoms with E-state index in [0.29, 0.717) is 32.7 Å². The van der Waals surface area contributed by atoms with Gasteiger partial charge in [-0.15, -0.1) is 0 Å². The highest BCUT2D eigenvalue weighted by Gasteiger charge is 2.33. The lowest BCUT2D eigenvalue weighted by molar-refractivity contribution is -0.138. The SMILES string of the molecule is O=C(c1cccc(C(F)(F)F)c1)N1CCN(C(=O)C2CCNC2)CC1. The minimum Gasteiger partial charge on any atom is -0.339 e. The van der Waals surface area contributed by atoms with Crippen molar-refractivity contribution in [2.45, 2.75) is 12.6 Å². The van der Waals surface area contributed by atoms with E-state index in [1.165, 1.54) is 17.0 Å². The molecule has 1 N–H and O–H groups in total. The van der Waals surface area contributed by atoms with E-state index in [1.807, 2.05) is 0 Å². The van der Waals surface area contributed by atoms with E-state index in [9.17, 15) is 22.8 Å². The Labute approximate surface area is 143 Å². The Bertz CT molecular complexity index is 649. The Morgan fingerprint density at radius 1 is 1.08 bits per heavy atom. The molecule has 25 heavy (non-hydrogen) atoms. The number of carbonyl (C=O) groups excluding carboxylic acids is 2. The van der Waals surface area contributed by atoms with Gasteiger partial charge in [-0.05, 0) is 31.2 Å². The lowest BCUT2D eigenvalue weighted by Crippen LogP contribution is -2.52. The minimum absolute atomic E-state index is 0.00859. The Kier molecular flexibility index (Phi) is 4.99. The molecule has 0 bridgehead atoms. The number of hydrogen-bond acceptors (Lipinski definition) is 3. The summed E-state index contributed by atoms with van der Waals surface area (Å²) < 4.78 is 38.4. The summed E-state index contributed by atoms with van der Waals surface area (Å²) >= 11 is 0. The number of rotatable bonds is 2. The smallest absolute Gasteiger partial charge is 0.339 e. The van der Waals surface area contributed by atoms with Crippen LogP contribution in [0.15, 0.2) is 24.3 Å². The van der Waals surface area contributed by atoms with Crippen LogP contribution in [0.5, 0.6) is 0 Å². The fraction of sp³-hybridized carbons (Fsp3) is 0.529. The minimum atomic E-state index is -4.48. The molecule has 136 valence electrons. The first kappa shape index (κ1) is 17.7. The fourth-order valence-corrected chi connectivity index (χ4v) is 3.26. The lowest BCUT2D eigenvalue weighted by atomic mass is 10.1. The third kappa shape index (κ3) is 3.95. The number of piperazine rings is 1. The van der Waals surface area contributed by atoms with Crippen LogP contribution < -0.4 is 5.32 Å². The Morgan fingerprint density at radius 3 is 2.36 bits per heavy atom. The van der Waals surface area contributed by atoms with E-state index in [1.54, 1.807) is 4.90 Å². The van der Waals surface area contributed by atoms with Gasteiger partial charge in [0.25, 0.3) is 5.91 Å². The van der Waals surface area contributed by atoms with Gasteiger partial charge in [-0.25, -0.2) is 0 Å². The van der Waals surface area contributed by atoms with E-state index >= 15 is 0 Å². The van der Waals surface area contributed by atoms with E-state index in [-0.39, 0.29) is 17.4 Å². The van der Waals surface area contributed by atoms with Crippen LogP contribution in [-0.2, 0) is 11.0 Å². The zero-order valence-corrected chi connectivity index (χ0v) is 13.7. The summed E-state index contributed by atoms with van der Waals surface area (Å²) in [7, 11) is 0. The normalized spacial score (nSPS) is 21.5. The summed E-state index contributed by atoms with van der Waals surface area (Å²) in [6.45, 7) is 3.02. The van der Waals surface area contributed by atoms with Crippen LogP contribution in [0.1, 0.15) is 22.3 Å². The number of amides is 2. The lowest BCUT2D eigenvalue weighted by Gasteiger charge is -2.36. The molecule has 2 heterocycles. The molecule has 1 atom stereocenters. The van der Waals surface area contributed by atoms with Crippen LogP contribution in [0.25, 0.3) is 0 Å². The molecule has 0 saturated carbocycles. The quantitative estimate of drug-likeness (QED) is 0.877. The maximum Gasteiger partial charge on any atom is 0.416 e. The van der Waals surface area contributed by atoms with Gasteiger partial charge in [0.1, 0.15) is 0 Å². The van der Waals surface area contributed by atoms with Gasteiger partial charge in [-0.1, -0.05) is 6.07 Å². The van der Waals surface area contributed by atoms with Crippen molar-refractivity contribution in [3.8, 4) is 0 Å². The molecule has 2 aliphatic rings. The average Bonchev–Trinajstić information content (AvgIpc) is 3.15. The number of alkyl halides is 3. The highest BCUT2D eigenvalue weighted by Crippen LogP contribution is 2.29. The molecule has 0 aromatic heterocycles. The predicted octanol–water partition coefficient (Wildman–Crippen LogP) is 1.60. The largest absolute Gasteiger partial charge is 0.416 e. The second-order valence-corrected chi connectivity index (χ2v) is 6.39. The van der Waals surface area contributed by atoms with Gasteiger partial charge in [-0.3, -0.25) is 9.59 Å². The molecule has 3 rings (SSSR count). The standard InChI is InChI=1S/C17H20F3N3O2/c18-17(19,20)14-3-1-2-12(10-14)15(24)22-6-8-23(9-7-22)16(25)13-4-5-21-11-13/h1-3,10,13,21H,4-9,11H2. The summed E-state index contributed by atoms with van der Waals surface area (Å²) in [5.41, 5.74) is -0.810. The van der Waals surface area contributed by atoms with Gasteiger partial charge in [0.15, 0.2) is 0 Å². The van der Waals surface area contributed by atoms with Crippen molar-refractivity contribution < 1.29 is 22.8 Å². The molecule has 2 aliphatic heterocycles. The van der Waals surface area contributed by atoms with Crippen LogP contribution >= 0.6 is 0 Å². The van der Waals surface area contributed by atoms with Gasteiger partial charge in [0.05, 0.1) is 11.5 Å². The van der Waals surface area contributed by atoms with Crippen molar-refractivity contribution in [2.75, 3.05) is 39.3 Å². The summed E-state index contributed by atoms with van der Waals surface area (Å²) in [5, 5.41) is 3.15. The number of nitrogens with one attached hydrogen (secondary N) is 1. The molecule has 5 nitrogen and oxygen atoms in total. The number of nitrogens with zero attached hydrogens (tertiary/aromatic N) is 2. The third-order valence-electron chi connectivity index (χ3n) is 4.72. The highest BCUT2D eigenvalue weighted by atomic mass is 19.4. The third-order valence-corrected chi connectivity index (χ3v) is 4.72. The number of hydrogen-bond donors (Lipinski definition) is 1. The van der Waals surface area contributed by atoms with Crippen LogP contribution in [-0.4, -0.2) is 60.9 Å². The van der Waals surface area contributed by atoms with Crippen LogP contribution in [0.3, 0.4) is 0 Å². The first-order chi connectivity index (χ1) is 11.9. The van der Waals surface area contributed by atoms with Crippen molar-refractivity contribution in [1.29, 1.82) is 0 Å². The van der Waals surface area contributed by atoms with Crippen molar-refractivity contribution in [3.05, 3.63) is 35.4 Å². The van der Waals surface area contributed by atoms with Crippen LogP contribution in [0.2, 0.25) is 0 Å². The molecule has 8 heteroatoms. The van der Waals surface area contributed by atoms with Gasteiger partial charge in [0, 0.05) is 38.3 Å². The molecule has 0 spiro atoms. The monoisotopic (exact) mass is 355 g/mol. The van der Waals surface area contributed by atoms with Gasteiger partial charge in [-0.2, -0.15) is 13.2 Å². The molecular weight excluding hydrogens is 335 g/mol. The zero-order valence-electron chi connectivity index (χ0n) is 13.7. The van der Waals surface area contributed by atoms with Crippen LogP contribution in [0.4, 0.5) is 13.2 Å². The van der Waals surface area contributed by atoms with E-state index in [4.69, 9.17) is 0 Å². The van der Waals surface area contributed by atoms with Crippen molar-refractivity contribution >= 4 is 11.8 Å². The molecule has 2 saturated heterocycles. The first-order valence-electron chi connectivity index (χ1n) is 8.32. The maximum absolute atomic E-state index is 12.8. The predicted molar refractivity (Wildman–Crippen MR) is 84.9 cm³/mol. The fourth-order valence-electron chi connectivity index (χ4n) is 3.26. The molecule has 1 aromatic carbocycles. The maximum atomic E-state index is 12.8. The molecule has 0 radical (unpaired) electrons. The zero-order chi connectivity index (χ0) is 18.0. The Morgan fingerprint density at radius 2 is 1.76 bits per heavy atom.